The molecule has 0 aliphatic heterocycles. The predicted molar refractivity (Wildman–Crippen MR) is 84.9 cm³/mol. The fourth-order valence-corrected chi connectivity index (χ4v) is 1.98. The van der Waals surface area contributed by atoms with E-state index in [4.69, 9.17) is 21.1 Å². The molecule has 0 aliphatic rings. The highest BCUT2D eigenvalue weighted by atomic mass is 35.5. The number of benzene rings is 1. The molecule has 0 saturated heterocycles. The van der Waals surface area contributed by atoms with Crippen molar-refractivity contribution in [3.05, 3.63) is 34.9 Å². The van der Waals surface area contributed by atoms with Gasteiger partial charge in [-0.05, 0) is 31.0 Å². The van der Waals surface area contributed by atoms with Gasteiger partial charge in [-0.25, -0.2) is 0 Å². The van der Waals surface area contributed by atoms with E-state index in [1.807, 2.05) is 6.07 Å². The molecule has 20 heavy (non-hydrogen) atoms. The van der Waals surface area contributed by atoms with Crippen LogP contribution in [0.1, 0.15) is 32.3 Å². The molecule has 0 fully saturated rings. The lowest BCUT2D eigenvalue weighted by atomic mass is 10.1. The first-order chi connectivity index (χ1) is 9.62. The smallest absolute Gasteiger partial charge is 0.166 e. The average Bonchev–Trinajstić information content (AvgIpc) is 2.45. The van der Waals surface area contributed by atoms with Crippen LogP contribution in [0.5, 0.6) is 11.5 Å². The van der Waals surface area contributed by atoms with Crippen LogP contribution in [0, 0.1) is 0 Å². The Morgan fingerprint density at radius 1 is 1.35 bits per heavy atom. The summed E-state index contributed by atoms with van der Waals surface area (Å²) in [5.74, 6) is 1.41. The van der Waals surface area contributed by atoms with Crippen molar-refractivity contribution >= 4 is 11.6 Å². The highest BCUT2D eigenvalue weighted by Crippen LogP contribution is 2.35. The van der Waals surface area contributed by atoms with Gasteiger partial charge in [0.05, 0.1) is 7.11 Å². The molecule has 0 bridgehead atoms. The molecule has 0 radical (unpaired) electrons. The number of halogens is 1. The second-order valence-electron chi connectivity index (χ2n) is 4.67. The van der Waals surface area contributed by atoms with Crippen molar-refractivity contribution in [2.75, 3.05) is 20.3 Å². The zero-order chi connectivity index (χ0) is 15.0. The van der Waals surface area contributed by atoms with Crippen LogP contribution in [0.3, 0.4) is 0 Å². The maximum absolute atomic E-state index is 6.12. The average molecular weight is 298 g/mol. The molecule has 0 atom stereocenters. The van der Waals surface area contributed by atoms with E-state index in [1.54, 1.807) is 13.2 Å². The van der Waals surface area contributed by atoms with Gasteiger partial charge in [0.15, 0.2) is 11.5 Å². The quantitative estimate of drug-likeness (QED) is 0.547. The van der Waals surface area contributed by atoms with Crippen LogP contribution in [-0.4, -0.2) is 20.3 Å². The molecule has 112 valence electrons. The zero-order valence-corrected chi connectivity index (χ0v) is 13.3. The minimum atomic E-state index is 0.495. The molecule has 1 rings (SSSR count). The first kappa shape index (κ1) is 16.9. The van der Waals surface area contributed by atoms with Gasteiger partial charge in [-0.3, -0.25) is 0 Å². The van der Waals surface area contributed by atoms with E-state index < -0.39 is 0 Å². The largest absolute Gasteiger partial charge is 0.493 e. The predicted octanol–water partition coefficient (Wildman–Crippen LogP) is 4.19. The standard InChI is InChI=1S/C16H24ClNO2/c1-5-7-18-10-13-8-14(17)9-15(19-4)16(13)20-11-12(3)6-2/h8-9,18H,3,5-7,10-11H2,1-2,4H3. The second kappa shape index (κ2) is 8.88. The van der Waals surface area contributed by atoms with Crippen LogP contribution >= 0.6 is 11.6 Å². The highest BCUT2D eigenvalue weighted by Gasteiger charge is 2.13. The summed E-state index contributed by atoms with van der Waals surface area (Å²) in [5.41, 5.74) is 2.06. The summed E-state index contributed by atoms with van der Waals surface area (Å²) in [6.45, 7) is 10.3. The Morgan fingerprint density at radius 2 is 2.10 bits per heavy atom. The van der Waals surface area contributed by atoms with Gasteiger partial charge < -0.3 is 14.8 Å². The van der Waals surface area contributed by atoms with Gasteiger partial charge in [-0.2, -0.15) is 0 Å². The molecule has 1 N–H and O–H groups in total. The van der Waals surface area contributed by atoms with E-state index in [2.05, 4.69) is 25.7 Å². The number of hydrogen-bond acceptors (Lipinski definition) is 3. The second-order valence-corrected chi connectivity index (χ2v) is 5.10. The Kier molecular flexibility index (Phi) is 7.48. The van der Waals surface area contributed by atoms with Gasteiger partial charge in [0, 0.05) is 23.2 Å². The maximum Gasteiger partial charge on any atom is 0.166 e. The summed E-state index contributed by atoms with van der Waals surface area (Å²) in [7, 11) is 1.62. The van der Waals surface area contributed by atoms with Crippen molar-refractivity contribution in [1.82, 2.24) is 5.32 Å². The number of methoxy groups -OCH3 is 1. The molecule has 0 heterocycles. The van der Waals surface area contributed by atoms with Crippen LogP contribution in [-0.2, 0) is 6.54 Å². The summed E-state index contributed by atoms with van der Waals surface area (Å²) in [4.78, 5) is 0. The van der Waals surface area contributed by atoms with Crippen LogP contribution in [0.15, 0.2) is 24.3 Å². The van der Waals surface area contributed by atoms with Crippen LogP contribution in [0.2, 0.25) is 5.02 Å². The van der Waals surface area contributed by atoms with Gasteiger partial charge in [0.25, 0.3) is 0 Å². The van der Waals surface area contributed by atoms with E-state index in [9.17, 15) is 0 Å². The molecule has 0 saturated carbocycles. The fourth-order valence-electron chi connectivity index (χ4n) is 1.75. The molecule has 1 aromatic rings. The summed E-state index contributed by atoms with van der Waals surface area (Å²) in [6, 6.07) is 3.69. The van der Waals surface area contributed by atoms with Gasteiger partial charge in [0.1, 0.15) is 6.61 Å². The van der Waals surface area contributed by atoms with Crippen LogP contribution < -0.4 is 14.8 Å². The topological polar surface area (TPSA) is 30.5 Å². The third-order valence-corrected chi connectivity index (χ3v) is 3.20. The number of hydrogen-bond donors (Lipinski definition) is 1. The Balaban J connectivity index is 2.92. The third kappa shape index (κ3) is 5.06. The van der Waals surface area contributed by atoms with E-state index in [1.165, 1.54) is 0 Å². The Morgan fingerprint density at radius 3 is 2.70 bits per heavy atom. The lowest BCUT2D eigenvalue weighted by molar-refractivity contribution is 0.313. The summed E-state index contributed by atoms with van der Waals surface area (Å²) in [5, 5.41) is 4.01. The normalized spacial score (nSPS) is 10.4. The minimum Gasteiger partial charge on any atom is -0.493 e. The third-order valence-electron chi connectivity index (χ3n) is 2.98. The lowest BCUT2D eigenvalue weighted by Gasteiger charge is -2.16. The first-order valence-electron chi connectivity index (χ1n) is 6.98. The number of nitrogens with one attached hydrogen (secondary N) is 1. The molecule has 0 unspecified atom stereocenters. The number of rotatable bonds is 9. The van der Waals surface area contributed by atoms with E-state index in [0.29, 0.717) is 23.9 Å². The SMILES string of the molecule is C=C(CC)COc1c(CNCCC)cc(Cl)cc1OC. The molecular formula is C16H24ClNO2. The van der Waals surface area contributed by atoms with Gasteiger partial charge in [-0.1, -0.05) is 32.0 Å². The van der Waals surface area contributed by atoms with Crippen molar-refractivity contribution in [1.29, 1.82) is 0 Å². The van der Waals surface area contributed by atoms with Crippen LogP contribution in [0.4, 0.5) is 0 Å². The van der Waals surface area contributed by atoms with Crippen LogP contribution in [0.25, 0.3) is 0 Å². The zero-order valence-electron chi connectivity index (χ0n) is 12.6. The summed E-state index contributed by atoms with van der Waals surface area (Å²) < 4.78 is 11.2. The van der Waals surface area contributed by atoms with Gasteiger partial charge >= 0.3 is 0 Å². The molecular weight excluding hydrogens is 274 g/mol. The molecule has 0 aliphatic carbocycles. The maximum atomic E-state index is 6.12. The molecule has 0 aromatic heterocycles. The van der Waals surface area contributed by atoms with E-state index in [-0.39, 0.29) is 0 Å². The van der Waals surface area contributed by atoms with Crippen molar-refractivity contribution in [2.45, 2.75) is 33.2 Å². The van der Waals surface area contributed by atoms with E-state index in [0.717, 1.165) is 36.3 Å². The van der Waals surface area contributed by atoms with Gasteiger partial charge in [0.2, 0.25) is 0 Å². The lowest BCUT2D eigenvalue weighted by Crippen LogP contribution is -2.15. The van der Waals surface area contributed by atoms with Crippen molar-refractivity contribution in [3.63, 3.8) is 0 Å². The Bertz CT molecular complexity index is 446. The molecule has 0 amide bonds. The highest BCUT2D eigenvalue weighted by molar-refractivity contribution is 6.30. The first-order valence-corrected chi connectivity index (χ1v) is 7.36. The van der Waals surface area contributed by atoms with Crippen molar-refractivity contribution < 1.29 is 9.47 Å². The summed E-state index contributed by atoms with van der Waals surface area (Å²) in [6.07, 6.45) is 1.99. The Hall–Kier alpha value is -1.19. The van der Waals surface area contributed by atoms with Crippen molar-refractivity contribution in [2.24, 2.45) is 0 Å². The summed E-state index contributed by atoms with van der Waals surface area (Å²) >= 11 is 6.12. The molecule has 4 heteroatoms. The Labute approximate surface area is 126 Å². The monoisotopic (exact) mass is 297 g/mol. The molecule has 1 aromatic carbocycles. The van der Waals surface area contributed by atoms with Gasteiger partial charge in [-0.15, -0.1) is 0 Å². The minimum absolute atomic E-state index is 0.495. The van der Waals surface area contributed by atoms with E-state index >= 15 is 0 Å². The molecule has 0 spiro atoms. The molecule has 3 nitrogen and oxygen atoms in total. The van der Waals surface area contributed by atoms with Crippen molar-refractivity contribution in [3.8, 4) is 11.5 Å². The number of ether oxygens (including phenoxy) is 2. The fraction of sp³-hybridized carbons (Fsp3) is 0.500.